The second-order valence-corrected chi connectivity index (χ2v) is 6.25. The largest absolute Gasteiger partial charge is 0.481 e. The average Bonchev–Trinajstić information content (AvgIpc) is 2.43. The topological polar surface area (TPSA) is 37.3 Å². The van der Waals surface area contributed by atoms with Crippen molar-refractivity contribution in [1.82, 2.24) is 0 Å². The molecule has 0 heterocycles. The highest BCUT2D eigenvalue weighted by Crippen LogP contribution is 2.44. The number of rotatable bonds is 3. The Labute approximate surface area is 125 Å². The Bertz CT molecular complexity index is 519. The van der Waals surface area contributed by atoms with Gasteiger partial charge in [-0.05, 0) is 53.2 Å². The van der Waals surface area contributed by atoms with E-state index in [1.807, 2.05) is 6.92 Å². The van der Waals surface area contributed by atoms with Crippen LogP contribution in [0, 0.1) is 23.5 Å². The van der Waals surface area contributed by atoms with Gasteiger partial charge < -0.3 is 5.11 Å². The first-order valence-corrected chi connectivity index (χ1v) is 7.61. The normalized spacial score (nSPS) is 26.5. The Morgan fingerprint density at radius 2 is 2.10 bits per heavy atom. The Morgan fingerprint density at radius 1 is 1.40 bits per heavy atom. The molecule has 1 aliphatic carbocycles. The molecule has 110 valence electrons. The molecule has 0 bridgehead atoms. The lowest BCUT2D eigenvalue weighted by Gasteiger charge is -2.34. The highest BCUT2D eigenvalue weighted by atomic mass is 79.9. The van der Waals surface area contributed by atoms with Gasteiger partial charge in [0.1, 0.15) is 11.6 Å². The highest BCUT2D eigenvalue weighted by molar-refractivity contribution is 9.10. The smallest absolute Gasteiger partial charge is 0.307 e. The third-order valence-electron chi connectivity index (χ3n) is 4.30. The predicted molar refractivity (Wildman–Crippen MR) is 75.6 cm³/mol. The van der Waals surface area contributed by atoms with E-state index in [1.54, 1.807) is 0 Å². The summed E-state index contributed by atoms with van der Waals surface area (Å²) in [5.41, 5.74) is -0.0788. The standard InChI is InChI=1S/C15H17BrF2O2/c1-2-8-3-4-9(15(19)20)10(7-8)13-12(17)6-5-11(16)14(13)18/h5-6,8-10H,2-4,7H2,1H3,(H,19,20). The van der Waals surface area contributed by atoms with Crippen LogP contribution in [0.5, 0.6) is 0 Å². The molecule has 5 heteroatoms. The third-order valence-corrected chi connectivity index (χ3v) is 4.92. The lowest BCUT2D eigenvalue weighted by molar-refractivity contribution is -0.144. The molecule has 1 saturated carbocycles. The summed E-state index contributed by atoms with van der Waals surface area (Å²) >= 11 is 3.05. The van der Waals surface area contributed by atoms with E-state index < -0.39 is 29.4 Å². The first-order chi connectivity index (χ1) is 9.45. The molecule has 2 rings (SSSR count). The maximum Gasteiger partial charge on any atom is 0.307 e. The Kier molecular flexibility index (Phi) is 4.78. The van der Waals surface area contributed by atoms with E-state index in [0.29, 0.717) is 18.8 Å². The van der Waals surface area contributed by atoms with E-state index in [2.05, 4.69) is 15.9 Å². The molecular formula is C15H17BrF2O2. The molecule has 0 saturated heterocycles. The van der Waals surface area contributed by atoms with Crippen molar-refractivity contribution in [1.29, 1.82) is 0 Å². The monoisotopic (exact) mass is 346 g/mol. The summed E-state index contributed by atoms with van der Waals surface area (Å²) in [5, 5.41) is 9.32. The minimum atomic E-state index is -0.969. The van der Waals surface area contributed by atoms with Crippen molar-refractivity contribution in [2.24, 2.45) is 11.8 Å². The first-order valence-electron chi connectivity index (χ1n) is 6.81. The van der Waals surface area contributed by atoms with Gasteiger partial charge in [-0.25, -0.2) is 8.78 Å². The van der Waals surface area contributed by atoms with E-state index in [1.165, 1.54) is 12.1 Å². The van der Waals surface area contributed by atoms with Crippen molar-refractivity contribution in [3.05, 3.63) is 33.8 Å². The fraction of sp³-hybridized carbons (Fsp3) is 0.533. The van der Waals surface area contributed by atoms with Gasteiger partial charge in [0.05, 0.1) is 10.4 Å². The molecular weight excluding hydrogens is 330 g/mol. The lowest BCUT2D eigenvalue weighted by atomic mass is 9.70. The van der Waals surface area contributed by atoms with Gasteiger partial charge in [0.2, 0.25) is 0 Å². The molecule has 1 N–H and O–H groups in total. The zero-order valence-electron chi connectivity index (χ0n) is 11.2. The quantitative estimate of drug-likeness (QED) is 0.804. The number of hydrogen-bond donors (Lipinski definition) is 1. The second-order valence-electron chi connectivity index (χ2n) is 5.40. The van der Waals surface area contributed by atoms with Crippen LogP contribution in [0.3, 0.4) is 0 Å². The number of carboxylic acid groups (broad SMARTS) is 1. The fourth-order valence-corrected chi connectivity index (χ4v) is 3.47. The third kappa shape index (κ3) is 2.87. The van der Waals surface area contributed by atoms with Crippen LogP contribution < -0.4 is 0 Å². The zero-order chi connectivity index (χ0) is 14.9. The molecule has 2 nitrogen and oxygen atoms in total. The van der Waals surface area contributed by atoms with Crippen LogP contribution in [-0.2, 0) is 4.79 Å². The zero-order valence-corrected chi connectivity index (χ0v) is 12.8. The van der Waals surface area contributed by atoms with Crippen molar-refractivity contribution < 1.29 is 18.7 Å². The van der Waals surface area contributed by atoms with Crippen molar-refractivity contribution in [3.63, 3.8) is 0 Å². The summed E-state index contributed by atoms with van der Waals surface area (Å²) < 4.78 is 28.4. The number of aliphatic carboxylic acids is 1. The lowest BCUT2D eigenvalue weighted by Crippen LogP contribution is -2.30. The Morgan fingerprint density at radius 3 is 2.70 bits per heavy atom. The van der Waals surface area contributed by atoms with E-state index in [9.17, 15) is 18.7 Å². The maximum atomic E-state index is 14.2. The van der Waals surface area contributed by atoms with Gasteiger partial charge in [-0.2, -0.15) is 0 Å². The van der Waals surface area contributed by atoms with Crippen LogP contribution in [0.1, 0.15) is 44.1 Å². The van der Waals surface area contributed by atoms with Crippen LogP contribution in [0.2, 0.25) is 0 Å². The second kappa shape index (κ2) is 6.20. The summed E-state index contributed by atoms with van der Waals surface area (Å²) in [6, 6.07) is 2.50. The van der Waals surface area contributed by atoms with Crippen LogP contribution in [0.25, 0.3) is 0 Å². The van der Waals surface area contributed by atoms with Crippen molar-refractivity contribution >= 4 is 21.9 Å². The van der Waals surface area contributed by atoms with E-state index in [4.69, 9.17) is 0 Å². The summed E-state index contributed by atoms with van der Waals surface area (Å²) in [6.45, 7) is 2.02. The molecule has 1 fully saturated rings. The van der Waals surface area contributed by atoms with Crippen LogP contribution in [0.15, 0.2) is 16.6 Å². The van der Waals surface area contributed by atoms with E-state index in [-0.39, 0.29) is 10.0 Å². The molecule has 0 amide bonds. The van der Waals surface area contributed by atoms with Gasteiger partial charge >= 0.3 is 5.97 Å². The van der Waals surface area contributed by atoms with Crippen LogP contribution >= 0.6 is 15.9 Å². The number of halogens is 3. The minimum Gasteiger partial charge on any atom is -0.481 e. The van der Waals surface area contributed by atoms with E-state index >= 15 is 0 Å². The summed E-state index contributed by atoms with van der Waals surface area (Å²) in [6.07, 6.45) is 2.71. The molecule has 1 aliphatic rings. The van der Waals surface area contributed by atoms with Crippen molar-refractivity contribution in [2.75, 3.05) is 0 Å². The molecule has 0 aliphatic heterocycles. The predicted octanol–water partition coefficient (Wildman–Crippen LogP) is 4.72. The van der Waals surface area contributed by atoms with Gasteiger partial charge in [-0.3, -0.25) is 4.79 Å². The summed E-state index contributed by atoms with van der Waals surface area (Å²) in [7, 11) is 0. The highest BCUT2D eigenvalue weighted by Gasteiger charge is 2.38. The maximum absolute atomic E-state index is 14.2. The van der Waals surface area contributed by atoms with Crippen molar-refractivity contribution in [3.8, 4) is 0 Å². The Balaban J connectivity index is 2.45. The van der Waals surface area contributed by atoms with Gasteiger partial charge in [-0.15, -0.1) is 0 Å². The average molecular weight is 347 g/mol. The first kappa shape index (κ1) is 15.4. The molecule has 3 atom stereocenters. The molecule has 1 aromatic rings. The van der Waals surface area contributed by atoms with Crippen LogP contribution in [-0.4, -0.2) is 11.1 Å². The minimum absolute atomic E-state index is 0.0788. The summed E-state index contributed by atoms with van der Waals surface area (Å²) in [4.78, 5) is 11.4. The number of carboxylic acids is 1. The van der Waals surface area contributed by atoms with Gasteiger partial charge in [0.15, 0.2) is 0 Å². The molecule has 0 aromatic heterocycles. The van der Waals surface area contributed by atoms with Crippen LogP contribution in [0.4, 0.5) is 8.78 Å². The van der Waals surface area contributed by atoms with Crippen molar-refractivity contribution in [2.45, 2.75) is 38.5 Å². The molecule has 0 spiro atoms. The van der Waals surface area contributed by atoms with E-state index in [0.717, 1.165) is 12.8 Å². The number of benzene rings is 1. The molecule has 0 radical (unpaired) electrons. The number of carbonyl (C=O) groups is 1. The van der Waals surface area contributed by atoms with Gasteiger partial charge in [-0.1, -0.05) is 13.3 Å². The molecule has 1 aromatic carbocycles. The SMILES string of the molecule is CCC1CCC(C(=O)O)C(c2c(F)ccc(Br)c2F)C1. The molecule has 20 heavy (non-hydrogen) atoms. The summed E-state index contributed by atoms with van der Waals surface area (Å²) in [5.74, 6) is -3.27. The van der Waals surface area contributed by atoms with Gasteiger partial charge in [0, 0.05) is 11.5 Å². The van der Waals surface area contributed by atoms with Gasteiger partial charge in [0.25, 0.3) is 0 Å². The number of hydrogen-bond acceptors (Lipinski definition) is 1. The molecule has 3 unspecified atom stereocenters. The Hall–Kier alpha value is -0.970. The fourth-order valence-electron chi connectivity index (χ4n) is 3.13.